The van der Waals surface area contributed by atoms with E-state index in [1.165, 1.54) is 4.57 Å². The molecule has 3 aromatic rings. The number of nitriles is 1. The second-order valence-electron chi connectivity index (χ2n) is 5.30. The summed E-state index contributed by atoms with van der Waals surface area (Å²) in [5, 5.41) is 11.1. The van der Waals surface area contributed by atoms with Crippen molar-refractivity contribution < 1.29 is 0 Å². The van der Waals surface area contributed by atoms with Crippen LogP contribution in [0.5, 0.6) is 0 Å². The maximum atomic E-state index is 12.5. The summed E-state index contributed by atoms with van der Waals surface area (Å²) in [5.74, 6) is 0. The highest BCUT2D eigenvalue weighted by atomic mass is 16.1. The van der Waals surface area contributed by atoms with Crippen molar-refractivity contribution in [3.63, 3.8) is 0 Å². The van der Waals surface area contributed by atoms with Crippen molar-refractivity contribution in [2.75, 3.05) is 0 Å². The Morgan fingerprint density at radius 3 is 2.45 bits per heavy atom. The molecule has 3 nitrogen and oxygen atoms in total. The van der Waals surface area contributed by atoms with Crippen LogP contribution in [-0.2, 0) is 13.5 Å². The highest BCUT2D eigenvalue weighted by Gasteiger charge is 2.16. The van der Waals surface area contributed by atoms with Crippen LogP contribution in [-0.4, -0.2) is 4.57 Å². The minimum atomic E-state index is -0.131. The fourth-order valence-corrected chi connectivity index (χ4v) is 2.81. The van der Waals surface area contributed by atoms with Gasteiger partial charge >= 0.3 is 0 Å². The van der Waals surface area contributed by atoms with E-state index >= 15 is 0 Å². The quantitative estimate of drug-likeness (QED) is 0.722. The van der Waals surface area contributed by atoms with Crippen LogP contribution in [0.1, 0.15) is 18.2 Å². The Morgan fingerprint density at radius 1 is 1.09 bits per heavy atom. The molecule has 0 N–H and O–H groups in total. The second kappa shape index (κ2) is 5.50. The summed E-state index contributed by atoms with van der Waals surface area (Å²) in [5.41, 5.74) is 3.20. The molecule has 0 fully saturated rings. The standard InChI is InChI=1S/C19H16N2O/c1-3-13-9-10-15-16(11-13)18(14-7-5-4-6-8-14)17(12-20)21(2)19(15)22/h4-11H,3H2,1-2H3. The van der Waals surface area contributed by atoms with Crippen LogP contribution in [0, 0.1) is 11.3 Å². The first-order chi connectivity index (χ1) is 10.7. The van der Waals surface area contributed by atoms with Crippen LogP contribution in [0.15, 0.2) is 53.3 Å². The van der Waals surface area contributed by atoms with Crippen molar-refractivity contribution in [1.29, 1.82) is 5.26 Å². The van der Waals surface area contributed by atoms with E-state index < -0.39 is 0 Å². The molecule has 2 aromatic carbocycles. The summed E-state index contributed by atoms with van der Waals surface area (Å²) < 4.78 is 1.44. The van der Waals surface area contributed by atoms with Gasteiger partial charge in [0.25, 0.3) is 5.56 Å². The van der Waals surface area contributed by atoms with Gasteiger partial charge in [0.2, 0.25) is 0 Å². The van der Waals surface area contributed by atoms with E-state index in [2.05, 4.69) is 13.0 Å². The molecular formula is C19H16N2O. The molecule has 0 unspecified atom stereocenters. The lowest BCUT2D eigenvalue weighted by Gasteiger charge is -2.13. The Bertz CT molecular complexity index is 947. The van der Waals surface area contributed by atoms with E-state index in [4.69, 9.17) is 0 Å². The van der Waals surface area contributed by atoms with Crippen LogP contribution in [0.3, 0.4) is 0 Å². The van der Waals surface area contributed by atoms with Gasteiger partial charge in [0.15, 0.2) is 0 Å². The van der Waals surface area contributed by atoms with Gasteiger partial charge in [-0.05, 0) is 29.0 Å². The zero-order valence-electron chi connectivity index (χ0n) is 12.6. The molecule has 22 heavy (non-hydrogen) atoms. The van der Waals surface area contributed by atoms with E-state index in [-0.39, 0.29) is 5.56 Å². The average molecular weight is 288 g/mol. The first-order valence-electron chi connectivity index (χ1n) is 7.28. The molecule has 0 radical (unpaired) electrons. The summed E-state index contributed by atoms with van der Waals surface area (Å²) in [4.78, 5) is 12.5. The lowest BCUT2D eigenvalue weighted by atomic mass is 9.95. The number of hydrogen-bond donors (Lipinski definition) is 0. The number of hydrogen-bond acceptors (Lipinski definition) is 2. The highest BCUT2D eigenvalue weighted by Crippen LogP contribution is 2.30. The van der Waals surface area contributed by atoms with Crippen LogP contribution in [0.4, 0.5) is 0 Å². The van der Waals surface area contributed by atoms with Gasteiger partial charge in [-0.3, -0.25) is 4.79 Å². The number of fused-ring (bicyclic) bond motifs is 1. The maximum Gasteiger partial charge on any atom is 0.259 e. The third-order valence-electron chi connectivity index (χ3n) is 4.04. The van der Waals surface area contributed by atoms with E-state index in [1.54, 1.807) is 7.05 Å². The summed E-state index contributed by atoms with van der Waals surface area (Å²) >= 11 is 0. The molecule has 1 heterocycles. The normalized spacial score (nSPS) is 10.6. The van der Waals surface area contributed by atoms with Gasteiger partial charge in [0.05, 0.1) is 0 Å². The number of benzene rings is 2. The number of aryl methyl sites for hydroxylation is 1. The largest absolute Gasteiger partial charge is 0.302 e. The smallest absolute Gasteiger partial charge is 0.259 e. The Kier molecular flexibility index (Phi) is 3.52. The van der Waals surface area contributed by atoms with Crippen LogP contribution >= 0.6 is 0 Å². The topological polar surface area (TPSA) is 45.8 Å². The van der Waals surface area contributed by atoms with Crippen LogP contribution in [0.2, 0.25) is 0 Å². The molecule has 0 saturated heterocycles. The molecular weight excluding hydrogens is 272 g/mol. The third kappa shape index (κ3) is 2.10. The maximum absolute atomic E-state index is 12.5. The summed E-state index contributed by atoms with van der Waals surface area (Å²) in [6, 6.07) is 17.8. The summed E-state index contributed by atoms with van der Waals surface area (Å²) in [7, 11) is 1.65. The van der Waals surface area contributed by atoms with E-state index in [9.17, 15) is 10.1 Å². The van der Waals surface area contributed by atoms with E-state index in [0.29, 0.717) is 11.1 Å². The van der Waals surface area contributed by atoms with Crippen LogP contribution < -0.4 is 5.56 Å². The van der Waals surface area contributed by atoms with Gasteiger partial charge in [-0.25, -0.2) is 0 Å². The van der Waals surface area contributed by atoms with Crippen molar-refractivity contribution in [3.05, 3.63) is 70.1 Å². The predicted octanol–water partition coefficient (Wildman–Crippen LogP) is 3.64. The molecule has 0 aliphatic heterocycles. The Balaban J connectivity index is 2.55. The van der Waals surface area contributed by atoms with Crippen molar-refractivity contribution in [2.45, 2.75) is 13.3 Å². The minimum absolute atomic E-state index is 0.131. The van der Waals surface area contributed by atoms with Crippen molar-refractivity contribution >= 4 is 10.8 Å². The van der Waals surface area contributed by atoms with E-state index in [0.717, 1.165) is 28.5 Å². The van der Waals surface area contributed by atoms with E-state index in [1.807, 2.05) is 48.5 Å². The second-order valence-corrected chi connectivity index (χ2v) is 5.30. The first-order valence-corrected chi connectivity index (χ1v) is 7.28. The fourth-order valence-electron chi connectivity index (χ4n) is 2.81. The Hall–Kier alpha value is -2.86. The van der Waals surface area contributed by atoms with Gasteiger partial charge in [0.1, 0.15) is 11.8 Å². The molecule has 0 saturated carbocycles. The molecule has 108 valence electrons. The number of pyridine rings is 1. The lowest BCUT2D eigenvalue weighted by molar-refractivity contribution is 0.856. The van der Waals surface area contributed by atoms with Crippen molar-refractivity contribution in [2.24, 2.45) is 7.05 Å². The first kappa shape index (κ1) is 14.1. The average Bonchev–Trinajstić information content (AvgIpc) is 2.58. The molecule has 3 heteroatoms. The molecule has 0 bridgehead atoms. The Labute approximate surface area is 129 Å². The zero-order valence-corrected chi connectivity index (χ0v) is 12.6. The predicted molar refractivity (Wildman–Crippen MR) is 88.7 cm³/mol. The summed E-state index contributed by atoms with van der Waals surface area (Å²) in [6.45, 7) is 2.08. The molecule has 0 aliphatic rings. The molecule has 0 spiro atoms. The molecule has 1 aromatic heterocycles. The lowest BCUT2D eigenvalue weighted by Crippen LogP contribution is -2.20. The van der Waals surface area contributed by atoms with Crippen molar-refractivity contribution in [3.8, 4) is 17.2 Å². The van der Waals surface area contributed by atoms with Gasteiger partial charge in [-0.1, -0.05) is 49.4 Å². The van der Waals surface area contributed by atoms with Gasteiger partial charge in [0, 0.05) is 18.0 Å². The van der Waals surface area contributed by atoms with Gasteiger partial charge < -0.3 is 4.57 Å². The SMILES string of the molecule is CCc1ccc2c(=O)n(C)c(C#N)c(-c3ccccc3)c2c1. The monoisotopic (exact) mass is 288 g/mol. The Morgan fingerprint density at radius 2 is 1.82 bits per heavy atom. The highest BCUT2D eigenvalue weighted by molar-refractivity contribution is 5.98. The number of aromatic nitrogens is 1. The third-order valence-corrected chi connectivity index (χ3v) is 4.04. The molecule has 0 amide bonds. The van der Waals surface area contributed by atoms with Crippen molar-refractivity contribution in [1.82, 2.24) is 4.57 Å². The fraction of sp³-hybridized carbons (Fsp3) is 0.158. The van der Waals surface area contributed by atoms with Gasteiger partial charge in [-0.2, -0.15) is 5.26 Å². The summed E-state index contributed by atoms with van der Waals surface area (Å²) in [6.07, 6.45) is 0.890. The zero-order chi connectivity index (χ0) is 15.7. The van der Waals surface area contributed by atoms with Gasteiger partial charge in [-0.15, -0.1) is 0 Å². The minimum Gasteiger partial charge on any atom is -0.302 e. The molecule has 0 aliphatic carbocycles. The number of rotatable bonds is 2. The van der Waals surface area contributed by atoms with Crippen LogP contribution in [0.25, 0.3) is 21.9 Å². The molecule has 0 atom stereocenters. The number of nitrogens with zero attached hydrogens (tertiary/aromatic N) is 2. The molecule has 3 rings (SSSR count).